The first kappa shape index (κ1) is 7.60. The molecule has 0 saturated heterocycles. The average Bonchev–Trinajstić information content (AvgIpc) is 2.04. The average molecular weight is 147 g/mol. The molecule has 0 bridgehead atoms. The Kier molecular flexibility index (Phi) is 2.11. The Morgan fingerprint density at radius 1 is 1.64 bits per heavy atom. The van der Waals surface area contributed by atoms with Crippen LogP contribution in [-0.4, -0.2) is 16.7 Å². The second-order valence-corrected chi connectivity index (χ2v) is 2.20. The van der Waals surface area contributed by atoms with Crippen LogP contribution in [0.25, 0.3) is 5.57 Å². The van der Waals surface area contributed by atoms with Gasteiger partial charge in [-0.25, -0.2) is 9.97 Å². The summed E-state index contributed by atoms with van der Waals surface area (Å²) in [5.74, 6) is 0. The third-order valence-electron chi connectivity index (χ3n) is 1.27. The van der Waals surface area contributed by atoms with Crippen LogP contribution < -0.4 is 0 Å². The summed E-state index contributed by atoms with van der Waals surface area (Å²) in [5.41, 5.74) is 2.31. The summed E-state index contributed by atoms with van der Waals surface area (Å²) >= 11 is 0. The molecule has 0 N–H and O–H groups in total. The van der Waals surface area contributed by atoms with Crippen LogP contribution in [0.5, 0.6) is 0 Å². The molecule has 0 atom stereocenters. The molecule has 0 radical (unpaired) electrons. The number of hydrogen-bond acceptors (Lipinski definition) is 3. The van der Waals surface area contributed by atoms with E-state index in [1.54, 1.807) is 6.20 Å². The molecule has 0 fully saturated rings. The largest absolute Gasteiger partial charge is 0.261 e. The quantitative estimate of drug-likeness (QED) is 0.598. The van der Waals surface area contributed by atoms with E-state index in [1.807, 2.05) is 6.92 Å². The van der Waals surface area contributed by atoms with Crippen molar-refractivity contribution in [3.63, 3.8) is 0 Å². The first-order valence-electron chi connectivity index (χ1n) is 3.18. The van der Waals surface area contributed by atoms with Gasteiger partial charge < -0.3 is 0 Å². The summed E-state index contributed by atoms with van der Waals surface area (Å²) in [7, 11) is 0. The molecule has 0 unspecified atom stereocenters. The van der Waals surface area contributed by atoms with Crippen LogP contribution in [0.4, 0.5) is 5.69 Å². The fourth-order valence-electron chi connectivity index (χ4n) is 0.767. The minimum absolute atomic E-state index is 0.681. The van der Waals surface area contributed by atoms with Crippen LogP contribution in [0, 0.1) is 0 Å². The smallest absolute Gasteiger partial charge is 0.116 e. The molecule has 56 valence electrons. The summed E-state index contributed by atoms with van der Waals surface area (Å²) in [6.45, 7) is 9.03. The van der Waals surface area contributed by atoms with E-state index in [1.165, 1.54) is 6.33 Å². The minimum atomic E-state index is 0.681. The van der Waals surface area contributed by atoms with E-state index < -0.39 is 0 Å². The van der Waals surface area contributed by atoms with Crippen molar-refractivity contribution in [1.29, 1.82) is 0 Å². The predicted molar refractivity (Wildman–Crippen MR) is 45.9 cm³/mol. The summed E-state index contributed by atoms with van der Waals surface area (Å²) in [4.78, 5) is 11.6. The van der Waals surface area contributed by atoms with Crippen molar-refractivity contribution in [2.24, 2.45) is 4.99 Å². The van der Waals surface area contributed by atoms with E-state index in [0.29, 0.717) is 5.69 Å². The standard InChI is InChI=1S/C8H9N3/c1-6(2)8-7(9-3)4-10-5-11-8/h4-5H,1,3H2,2H3. The number of aromatic nitrogens is 2. The Morgan fingerprint density at radius 2 is 2.36 bits per heavy atom. The molecule has 1 rings (SSSR count). The molecule has 1 heterocycles. The van der Waals surface area contributed by atoms with Gasteiger partial charge in [-0.1, -0.05) is 6.58 Å². The first-order chi connectivity index (χ1) is 5.25. The van der Waals surface area contributed by atoms with E-state index in [9.17, 15) is 0 Å². The van der Waals surface area contributed by atoms with Crippen molar-refractivity contribution >= 4 is 18.0 Å². The molecule has 0 aliphatic carbocycles. The van der Waals surface area contributed by atoms with Gasteiger partial charge in [0, 0.05) is 0 Å². The second-order valence-electron chi connectivity index (χ2n) is 2.20. The van der Waals surface area contributed by atoms with Gasteiger partial charge in [-0.2, -0.15) is 0 Å². The van der Waals surface area contributed by atoms with Crippen molar-refractivity contribution < 1.29 is 0 Å². The zero-order valence-corrected chi connectivity index (χ0v) is 6.41. The van der Waals surface area contributed by atoms with Gasteiger partial charge in [-0.05, 0) is 19.2 Å². The summed E-state index contributed by atoms with van der Waals surface area (Å²) in [6, 6.07) is 0. The van der Waals surface area contributed by atoms with Crippen molar-refractivity contribution in [3.8, 4) is 0 Å². The molecule has 11 heavy (non-hydrogen) atoms. The molecule has 0 saturated carbocycles. The Labute approximate surface area is 65.5 Å². The normalized spacial score (nSPS) is 9.18. The maximum Gasteiger partial charge on any atom is 0.116 e. The van der Waals surface area contributed by atoms with Crippen LogP contribution in [-0.2, 0) is 0 Å². The highest BCUT2D eigenvalue weighted by Crippen LogP contribution is 2.19. The molecule has 1 aromatic heterocycles. The number of nitrogens with zero attached hydrogens (tertiary/aromatic N) is 3. The highest BCUT2D eigenvalue weighted by atomic mass is 14.9. The van der Waals surface area contributed by atoms with E-state index in [0.717, 1.165) is 11.3 Å². The van der Waals surface area contributed by atoms with Crippen molar-refractivity contribution in [2.75, 3.05) is 0 Å². The van der Waals surface area contributed by atoms with Gasteiger partial charge in [-0.15, -0.1) is 0 Å². The van der Waals surface area contributed by atoms with Gasteiger partial charge >= 0.3 is 0 Å². The Morgan fingerprint density at radius 3 is 2.82 bits per heavy atom. The van der Waals surface area contributed by atoms with Gasteiger partial charge in [0.05, 0.1) is 11.9 Å². The molecular weight excluding hydrogens is 138 g/mol. The van der Waals surface area contributed by atoms with E-state index in [-0.39, 0.29) is 0 Å². The first-order valence-corrected chi connectivity index (χ1v) is 3.18. The minimum Gasteiger partial charge on any atom is -0.261 e. The number of hydrogen-bond donors (Lipinski definition) is 0. The topological polar surface area (TPSA) is 38.1 Å². The maximum atomic E-state index is 4.00. The van der Waals surface area contributed by atoms with E-state index in [4.69, 9.17) is 0 Å². The lowest BCUT2D eigenvalue weighted by molar-refractivity contribution is 1.13. The van der Waals surface area contributed by atoms with Gasteiger partial charge in [0.15, 0.2) is 0 Å². The van der Waals surface area contributed by atoms with Gasteiger partial charge in [-0.3, -0.25) is 4.99 Å². The zero-order valence-electron chi connectivity index (χ0n) is 6.41. The predicted octanol–water partition coefficient (Wildman–Crippen LogP) is 1.84. The molecular formula is C8H9N3. The Bertz CT molecular complexity index is 291. The molecule has 3 nitrogen and oxygen atoms in total. The summed E-state index contributed by atoms with van der Waals surface area (Å²) < 4.78 is 0. The molecule has 0 spiro atoms. The Hall–Kier alpha value is -1.51. The van der Waals surface area contributed by atoms with Gasteiger partial charge in [0.25, 0.3) is 0 Å². The Balaban J connectivity index is 3.22. The van der Waals surface area contributed by atoms with Crippen molar-refractivity contribution in [3.05, 3.63) is 24.8 Å². The highest BCUT2D eigenvalue weighted by Gasteiger charge is 2.00. The molecule has 0 aliphatic heterocycles. The fourth-order valence-corrected chi connectivity index (χ4v) is 0.767. The lowest BCUT2D eigenvalue weighted by Crippen LogP contribution is -1.86. The fraction of sp³-hybridized carbons (Fsp3) is 0.125. The molecule has 1 aromatic rings. The molecule has 3 heteroatoms. The summed E-state index contributed by atoms with van der Waals surface area (Å²) in [5, 5.41) is 0. The SMILES string of the molecule is C=Nc1cncnc1C(=C)C. The number of allylic oxidation sites excluding steroid dienone is 1. The third kappa shape index (κ3) is 1.49. The van der Waals surface area contributed by atoms with Crippen LogP contribution >= 0.6 is 0 Å². The van der Waals surface area contributed by atoms with Gasteiger partial charge in [0.2, 0.25) is 0 Å². The van der Waals surface area contributed by atoms with Crippen molar-refractivity contribution in [1.82, 2.24) is 9.97 Å². The van der Waals surface area contributed by atoms with Gasteiger partial charge in [0.1, 0.15) is 12.0 Å². The van der Waals surface area contributed by atoms with Crippen LogP contribution in [0.15, 0.2) is 24.1 Å². The number of aliphatic imine (C=N–C) groups is 1. The molecule has 0 aromatic carbocycles. The number of rotatable bonds is 2. The van der Waals surface area contributed by atoms with E-state index in [2.05, 4.69) is 28.3 Å². The van der Waals surface area contributed by atoms with Crippen LogP contribution in [0.3, 0.4) is 0 Å². The van der Waals surface area contributed by atoms with Crippen LogP contribution in [0.1, 0.15) is 12.6 Å². The van der Waals surface area contributed by atoms with E-state index >= 15 is 0 Å². The monoisotopic (exact) mass is 147 g/mol. The lowest BCUT2D eigenvalue weighted by Gasteiger charge is -1.99. The molecule has 0 amide bonds. The lowest BCUT2D eigenvalue weighted by atomic mass is 10.2. The van der Waals surface area contributed by atoms with Crippen molar-refractivity contribution in [2.45, 2.75) is 6.92 Å². The zero-order chi connectivity index (χ0) is 8.27. The van der Waals surface area contributed by atoms with Crippen LogP contribution in [0.2, 0.25) is 0 Å². The third-order valence-corrected chi connectivity index (χ3v) is 1.27. The maximum absolute atomic E-state index is 4.00. The highest BCUT2D eigenvalue weighted by molar-refractivity contribution is 5.68. The molecule has 0 aliphatic rings. The summed E-state index contributed by atoms with van der Waals surface area (Å²) in [6.07, 6.45) is 3.09. The second kappa shape index (κ2) is 3.05.